The summed E-state index contributed by atoms with van der Waals surface area (Å²) < 4.78 is 16.2. The Morgan fingerprint density at radius 3 is 2.10 bits per heavy atom. The van der Waals surface area contributed by atoms with Gasteiger partial charge in [-0.1, -0.05) is 17.7 Å². The molecule has 0 bridgehead atoms. The molecule has 0 saturated heterocycles. The molecule has 1 aliphatic rings. The molecule has 8 nitrogen and oxygen atoms in total. The van der Waals surface area contributed by atoms with Gasteiger partial charge in [0.15, 0.2) is 11.5 Å². The number of nitrogens with one attached hydrogen (secondary N) is 3. The first kappa shape index (κ1) is 21.0. The Labute approximate surface area is 175 Å². The van der Waals surface area contributed by atoms with Crippen molar-refractivity contribution in [1.29, 1.82) is 0 Å². The van der Waals surface area contributed by atoms with Crippen LogP contribution in [0.25, 0.3) is 0 Å². The standard InChI is InChI=1S/C22H25N3O5/c1-12-6-8-15(9-7-12)24-21(26)18-13(2)23-22(27)25-19(18)14-10-16(28-3)20(30-5)17(11-14)29-4/h6-11,19H,1-5H3,(H,24,26)(H2,23,25,27)/t19-/m1/s1. The van der Waals surface area contributed by atoms with E-state index in [0.717, 1.165) is 5.56 Å². The smallest absolute Gasteiger partial charge is 0.319 e. The Balaban J connectivity index is 2.03. The largest absolute Gasteiger partial charge is 0.493 e. The number of carbonyl (C=O) groups excluding carboxylic acids is 2. The van der Waals surface area contributed by atoms with E-state index in [1.165, 1.54) is 21.3 Å². The van der Waals surface area contributed by atoms with Crippen LogP contribution in [0.4, 0.5) is 10.5 Å². The van der Waals surface area contributed by atoms with Gasteiger partial charge in [0.05, 0.1) is 32.9 Å². The maximum absolute atomic E-state index is 13.1. The summed E-state index contributed by atoms with van der Waals surface area (Å²) in [5.74, 6) is 0.948. The Hall–Kier alpha value is -3.68. The molecule has 1 heterocycles. The summed E-state index contributed by atoms with van der Waals surface area (Å²) in [5, 5.41) is 8.36. The number of carbonyl (C=O) groups is 2. The Kier molecular flexibility index (Phi) is 6.15. The van der Waals surface area contributed by atoms with Crippen molar-refractivity contribution in [3.8, 4) is 17.2 Å². The summed E-state index contributed by atoms with van der Waals surface area (Å²) in [6.07, 6.45) is 0. The molecule has 0 aromatic heterocycles. The molecule has 3 amide bonds. The van der Waals surface area contributed by atoms with Gasteiger partial charge in [-0.05, 0) is 43.7 Å². The second-order valence-electron chi connectivity index (χ2n) is 6.85. The maximum Gasteiger partial charge on any atom is 0.319 e. The zero-order chi connectivity index (χ0) is 21.8. The molecule has 1 atom stereocenters. The lowest BCUT2D eigenvalue weighted by atomic mass is 9.94. The zero-order valence-corrected chi connectivity index (χ0v) is 17.6. The van der Waals surface area contributed by atoms with Crippen LogP contribution in [0.3, 0.4) is 0 Å². The van der Waals surface area contributed by atoms with Crippen molar-refractivity contribution in [3.05, 3.63) is 58.8 Å². The van der Waals surface area contributed by atoms with Crippen LogP contribution in [0.2, 0.25) is 0 Å². The number of aryl methyl sites for hydroxylation is 1. The average molecular weight is 411 g/mol. The summed E-state index contributed by atoms with van der Waals surface area (Å²) in [5.41, 5.74) is 3.20. The molecule has 0 fully saturated rings. The number of hydrogen-bond acceptors (Lipinski definition) is 5. The highest BCUT2D eigenvalue weighted by atomic mass is 16.5. The Morgan fingerprint density at radius 1 is 0.967 bits per heavy atom. The summed E-state index contributed by atoms with van der Waals surface area (Å²) in [7, 11) is 4.53. The van der Waals surface area contributed by atoms with E-state index < -0.39 is 12.1 Å². The van der Waals surface area contributed by atoms with Crippen LogP contribution in [-0.4, -0.2) is 33.3 Å². The molecule has 0 spiro atoms. The van der Waals surface area contributed by atoms with Crippen molar-refractivity contribution in [2.45, 2.75) is 19.9 Å². The summed E-state index contributed by atoms with van der Waals surface area (Å²) in [6, 6.07) is 9.78. The van der Waals surface area contributed by atoms with Crippen molar-refractivity contribution in [1.82, 2.24) is 10.6 Å². The first-order chi connectivity index (χ1) is 14.4. The number of ether oxygens (including phenoxy) is 3. The fraction of sp³-hybridized carbons (Fsp3) is 0.273. The van der Waals surface area contributed by atoms with E-state index in [0.29, 0.717) is 39.8 Å². The van der Waals surface area contributed by atoms with Gasteiger partial charge >= 0.3 is 6.03 Å². The van der Waals surface area contributed by atoms with E-state index in [2.05, 4.69) is 16.0 Å². The van der Waals surface area contributed by atoms with Gasteiger partial charge < -0.3 is 30.2 Å². The highest BCUT2D eigenvalue weighted by Crippen LogP contribution is 2.41. The molecule has 2 aromatic rings. The number of amides is 3. The molecule has 8 heteroatoms. The van der Waals surface area contributed by atoms with E-state index in [1.54, 1.807) is 19.1 Å². The minimum absolute atomic E-state index is 0.331. The van der Waals surface area contributed by atoms with Gasteiger partial charge in [-0.25, -0.2) is 4.79 Å². The summed E-state index contributed by atoms with van der Waals surface area (Å²) in [4.78, 5) is 25.3. The Morgan fingerprint density at radius 2 is 1.57 bits per heavy atom. The highest BCUT2D eigenvalue weighted by molar-refractivity contribution is 6.06. The fourth-order valence-electron chi connectivity index (χ4n) is 3.35. The lowest BCUT2D eigenvalue weighted by Crippen LogP contribution is -2.46. The van der Waals surface area contributed by atoms with Crippen molar-refractivity contribution in [3.63, 3.8) is 0 Å². The number of anilines is 1. The lowest BCUT2D eigenvalue weighted by Gasteiger charge is -2.29. The molecular formula is C22H25N3O5. The molecule has 3 N–H and O–H groups in total. The summed E-state index contributed by atoms with van der Waals surface area (Å²) >= 11 is 0. The number of benzene rings is 2. The van der Waals surface area contributed by atoms with Crippen LogP contribution in [0, 0.1) is 6.92 Å². The topological polar surface area (TPSA) is 97.9 Å². The number of rotatable bonds is 6. The highest BCUT2D eigenvalue weighted by Gasteiger charge is 2.32. The molecule has 0 radical (unpaired) electrons. The molecule has 3 rings (SSSR count). The fourth-order valence-corrected chi connectivity index (χ4v) is 3.35. The number of allylic oxidation sites excluding steroid dienone is 1. The van der Waals surface area contributed by atoms with E-state index >= 15 is 0 Å². The second kappa shape index (κ2) is 8.77. The second-order valence-corrected chi connectivity index (χ2v) is 6.85. The van der Waals surface area contributed by atoms with Crippen LogP contribution in [0.5, 0.6) is 17.2 Å². The van der Waals surface area contributed by atoms with Crippen molar-refractivity contribution >= 4 is 17.6 Å². The van der Waals surface area contributed by atoms with Gasteiger partial charge in [-0.15, -0.1) is 0 Å². The molecule has 1 aliphatic heterocycles. The number of hydrogen-bond donors (Lipinski definition) is 3. The van der Waals surface area contributed by atoms with E-state index in [9.17, 15) is 9.59 Å². The first-order valence-corrected chi connectivity index (χ1v) is 9.34. The molecule has 0 saturated carbocycles. The molecule has 0 unspecified atom stereocenters. The SMILES string of the molecule is COc1cc([C@H]2NC(=O)NC(C)=C2C(=O)Nc2ccc(C)cc2)cc(OC)c1OC. The zero-order valence-electron chi connectivity index (χ0n) is 17.6. The van der Waals surface area contributed by atoms with Crippen molar-refractivity contribution in [2.24, 2.45) is 0 Å². The van der Waals surface area contributed by atoms with E-state index in [1.807, 2.05) is 31.2 Å². The maximum atomic E-state index is 13.1. The van der Waals surface area contributed by atoms with Gasteiger partial charge in [0, 0.05) is 11.4 Å². The quantitative estimate of drug-likeness (QED) is 0.678. The van der Waals surface area contributed by atoms with Crippen molar-refractivity contribution < 1.29 is 23.8 Å². The molecular weight excluding hydrogens is 386 g/mol. The van der Waals surface area contributed by atoms with Gasteiger partial charge in [-0.2, -0.15) is 0 Å². The number of methoxy groups -OCH3 is 3. The van der Waals surface area contributed by atoms with Crippen LogP contribution in [-0.2, 0) is 4.79 Å². The molecule has 0 aliphatic carbocycles. The van der Waals surface area contributed by atoms with Crippen LogP contribution < -0.4 is 30.2 Å². The van der Waals surface area contributed by atoms with E-state index in [-0.39, 0.29) is 5.91 Å². The van der Waals surface area contributed by atoms with Crippen LogP contribution in [0.15, 0.2) is 47.7 Å². The van der Waals surface area contributed by atoms with Gasteiger partial charge in [-0.3, -0.25) is 4.79 Å². The monoisotopic (exact) mass is 411 g/mol. The predicted molar refractivity (Wildman–Crippen MR) is 113 cm³/mol. The minimum atomic E-state index is -0.710. The van der Waals surface area contributed by atoms with Gasteiger partial charge in [0.25, 0.3) is 5.91 Å². The average Bonchev–Trinajstić information content (AvgIpc) is 2.73. The minimum Gasteiger partial charge on any atom is -0.493 e. The number of urea groups is 1. The molecule has 2 aromatic carbocycles. The first-order valence-electron chi connectivity index (χ1n) is 9.34. The van der Waals surface area contributed by atoms with Crippen LogP contribution in [0.1, 0.15) is 24.1 Å². The van der Waals surface area contributed by atoms with Crippen LogP contribution >= 0.6 is 0 Å². The lowest BCUT2D eigenvalue weighted by molar-refractivity contribution is -0.113. The molecule has 30 heavy (non-hydrogen) atoms. The normalized spacial score (nSPS) is 15.8. The van der Waals surface area contributed by atoms with Crippen molar-refractivity contribution in [2.75, 3.05) is 26.6 Å². The third-order valence-electron chi connectivity index (χ3n) is 4.84. The third-order valence-corrected chi connectivity index (χ3v) is 4.84. The molecule has 158 valence electrons. The van der Waals surface area contributed by atoms with Gasteiger partial charge in [0.1, 0.15) is 0 Å². The Bertz CT molecular complexity index is 973. The van der Waals surface area contributed by atoms with Gasteiger partial charge in [0.2, 0.25) is 5.75 Å². The van der Waals surface area contributed by atoms with E-state index in [4.69, 9.17) is 14.2 Å². The third kappa shape index (κ3) is 4.17. The predicted octanol–water partition coefficient (Wildman–Crippen LogP) is 3.29. The summed E-state index contributed by atoms with van der Waals surface area (Å²) in [6.45, 7) is 3.66.